The number of hydrogen-bond donors (Lipinski definition) is 3. The Bertz CT molecular complexity index is 658. The Hall–Kier alpha value is -1.57. The number of morpholine rings is 1. The molecule has 3 aliphatic rings. The van der Waals surface area contributed by atoms with Gasteiger partial charge in [-0.2, -0.15) is 0 Å². The van der Waals surface area contributed by atoms with Gasteiger partial charge in [-0.25, -0.2) is 0 Å². The van der Waals surface area contributed by atoms with E-state index in [1.807, 2.05) is 18.2 Å². The highest BCUT2D eigenvalue weighted by atomic mass is 32.1. The summed E-state index contributed by atoms with van der Waals surface area (Å²) in [5, 5.41) is 7.58. The van der Waals surface area contributed by atoms with Gasteiger partial charge in [-0.15, -0.1) is 0 Å². The summed E-state index contributed by atoms with van der Waals surface area (Å²) in [6, 6.07) is 6.01. The van der Waals surface area contributed by atoms with E-state index in [0.29, 0.717) is 18.9 Å². The average molecular weight is 393 g/mol. The lowest BCUT2D eigenvalue weighted by molar-refractivity contribution is -0.960. The van der Waals surface area contributed by atoms with Crippen molar-refractivity contribution < 1.29 is 19.1 Å². The lowest BCUT2D eigenvalue weighted by Gasteiger charge is -2.45. The SMILES string of the molecule is S=C(NCc1ccc2c(c1)OCO2)NCC1([NH+]2CCOCC2)CCCCC1. The van der Waals surface area contributed by atoms with Gasteiger partial charge in [0.2, 0.25) is 6.79 Å². The van der Waals surface area contributed by atoms with Crippen molar-refractivity contribution in [1.29, 1.82) is 0 Å². The number of rotatable bonds is 5. The molecule has 0 radical (unpaired) electrons. The van der Waals surface area contributed by atoms with Crippen LogP contribution in [0.5, 0.6) is 11.5 Å². The molecule has 3 N–H and O–H groups in total. The van der Waals surface area contributed by atoms with Gasteiger partial charge in [-0.05, 0) is 42.8 Å². The van der Waals surface area contributed by atoms with Crippen molar-refractivity contribution in [3.05, 3.63) is 23.8 Å². The zero-order valence-corrected chi connectivity index (χ0v) is 16.7. The number of fused-ring (bicyclic) bond motifs is 1. The highest BCUT2D eigenvalue weighted by Gasteiger charge is 2.42. The van der Waals surface area contributed by atoms with E-state index in [4.69, 9.17) is 26.4 Å². The van der Waals surface area contributed by atoms with Crippen LogP contribution in [0.25, 0.3) is 0 Å². The van der Waals surface area contributed by atoms with Crippen LogP contribution in [-0.2, 0) is 11.3 Å². The second kappa shape index (κ2) is 8.63. The fraction of sp³-hybridized carbons (Fsp3) is 0.650. The van der Waals surface area contributed by atoms with Crippen LogP contribution in [0.2, 0.25) is 0 Å². The molecule has 0 aromatic heterocycles. The smallest absolute Gasteiger partial charge is 0.231 e. The predicted octanol–water partition coefficient (Wildman–Crippen LogP) is 0.997. The summed E-state index contributed by atoms with van der Waals surface area (Å²) < 4.78 is 16.4. The van der Waals surface area contributed by atoms with Gasteiger partial charge in [0.15, 0.2) is 16.6 Å². The third-order valence-corrected chi connectivity index (χ3v) is 6.42. The van der Waals surface area contributed by atoms with Crippen LogP contribution in [-0.4, -0.2) is 50.3 Å². The summed E-state index contributed by atoms with van der Waals surface area (Å²) >= 11 is 5.56. The van der Waals surface area contributed by atoms with E-state index in [2.05, 4.69) is 10.6 Å². The molecule has 0 amide bonds. The van der Waals surface area contributed by atoms with Crippen LogP contribution in [0.1, 0.15) is 37.7 Å². The average Bonchev–Trinajstić information content (AvgIpc) is 3.20. The predicted molar refractivity (Wildman–Crippen MR) is 107 cm³/mol. The van der Waals surface area contributed by atoms with Crippen molar-refractivity contribution in [1.82, 2.24) is 10.6 Å². The van der Waals surface area contributed by atoms with Gasteiger partial charge in [-0.1, -0.05) is 12.5 Å². The number of nitrogens with one attached hydrogen (secondary N) is 3. The molecule has 4 rings (SSSR count). The lowest BCUT2D eigenvalue weighted by atomic mass is 9.80. The maximum absolute atomic E-state index is 5.58. The highest BCUT2D eigenvalue weighted by Crippen LogP contribution is 2.32. The van der Waals surface area contributed by atoms with Crippen LogP contribution in [0, 0.1) is 0 Å². The fourth-order valence-corrected chi connectivity index (χ4v) is 4.72. The Morgan fingerprint density at radius 1 is 1.04 bits per heavy atom. The van der Waals surface area contributed by atoms with Crippen molar-refractivity contribution in [2.75, 3.05) is 39.6 Å². The molecule has 1 saturated heterocycles. The first kappa shape index (κ1) is 18.8. The molecule has 7 heteroatoms. The van der Waals surface area contributed by atoms with Crippen LogP contribution in [0.15, 0.2) is 18.2 Å². The van der Waals surface area contributed by atoms with Gasteiger partial charge in [0, 0.05) is 19.4 Å². The van der Waals surface area contributed by atoms with E-state index in [9.17, 15) is 0 Å². The Morgan fingerprint density at radius 2 is 1.81 bits per heavy atom. The molecular weight excluding hydrogens is 362 g/mol. The van der Waals surface area contributed by atoms with Gasteiger partial charge in [0.05, 0.1) is 19.8 Å². The summed E-state index contributed by atoms with van der Waals surface area (Å²) in [6.07, 6.45) is 6.56. The minimum absolute atomic E-state index is 0.298. The summed E-state index contributed by atoms with van der Waals surface area (Å²) in [7, 11) is 0. The number of ether oxygens (including phenoxy) is 3. The van der Waals surface area contributed by atoms with Crippen LogP contribution in [0.3, 0.4) is 0 Å². The number of hydrogen-bond acceptors (Lipinski definition) is 4. The second-order valence-corrected chi connectivity index (χ2v) is 8.19. The molecule has 1 saturated carbocycles. The van der Waals surface area contributed by atoms with E-state index in [-0.39, 0.29) is 0 Å². The first-order chi connectivity index (χ1) is 13.3. The van der Waals surface area contributed by atoms with Gasteiger partial charge in [-0.3, -0.25) is 0 Å². The number of benzene rings is 1. The number of thiocarbonyl (C=S) groups is 1. The molecule has 0 atom stereocenters. The minimum Gasteiger partial charge on any atom is -0.454 e. The Morgan fingerprint density at radius 3 is 2.63 bits per heavy atom. The molecule has 27 heavy (non-hydrogen) atoms. The molecule has 2 heterocycles. The Labute approximate surface area is 166 Å². The van der Waals surface area contributed by atoms with Gasteiger partial charge in [0.1, 0.15) is 18.6 Å². The molecule has 1 aliphatic carbocycles. The highest BCUT2D eigenvalue weighted by molar-refractivity contribution is 7.80. The van der Waals surface area contributed by atoms with Crippen LogP contribution in [0.4, 0.5) is 0 Å². The molecular formula is C20H30N3O3S+. The fourth-order valence-electron chi connectivity index (χ4n) is 4.58. The van der Waals surface area contributed by atoms with Crippen molar-refractivity contribution >= 4 is 17.3 Å². The maximum Gasteiger partial charge on any atom is 0.231 e. The zero-order chi connectivity index (χ0) is 18.5. The maximum atomic E-state index is 5.58. The molecule has 2 fully saturated rings. The van der Waals surface area contributed by atoms with Crippen molar-refractivity contribution in [2.45, 2.75) is 44.2 Å². The Balaban J connectivity index is 1.30. The molecule has 148 valence electrons. The lowest BCUT2D eigenvalue weighted by Crippen LogP contribution is -3.23. The second-order valence-electron chi connectivity index (χ2n) is 7.78. The molecule has 0 spiro atoms. The van der Waals surface area contributed by atoms with Crippen molar-refractivity contribution in [2.24, 2.45) is 0 Å². The summed E-state index contributed by atoms with van der Waals surface area (Å²) in [4.78, 5) is 1.69. The molecule has 6 nitrogen and oxygen atoms in total. The van der Waals surface area contributed by atoms with Crippen LogP contribution >= 0.6 is 12.2 Å². The van der Waals surface area contributed by atoms with E-state index in [1.165, 1.54) is 32.1 Å². The van der Waals surface area contributed by atoms with Gasteiger partial charge < -0.3 is 29.7 Å². The molecule has 1 aromatic rings. The normalized spacial score (nSPS) is 21.6. The quantitative estimate of drug-likeness (QED) is 0.650. The first-order valence-corrected chi connectivity index (χ1v) is 10.5. The third-order valence-electron chi connectivity index (χ3n) is 6.13. The largest absolute Gasteiger partial charge is 0.454 e. The van der Waals surface area contributed by atoms with E-state index < -0.39 is 0 Å². The molecule has 0 unspecified atom stereocenters. The minimum atomic E-state index is 0.298. The summed E-state index contributed by atoms with van der Waals surface area (Å²) in [5.74, 6) is 1.62. The summed E-state index contributed by atoms with van der Waals surface area (Å²) in [6.45, 7) is 5.90. The molecule has 0 bridgehead atoms. The molecule has 2 aliphatic heterocycles. The standard InChI is InChI=1S/C20H29N3O3S/c27-19(21-13-16-4-5-17-18(12-16)26-15-25-17)22-14-20(6-2-1-3-7-20)23-8-10-24-11-9-23/h4-5,12H,1-3,6-11,13-15H2,(H2,21,22,27)/p+1. The number of quaternary nitrogens is 1. The van der Waals surface area contributed by atoms with E-state index in [0.717, 1.165) is 55.0 Å². The summed E-state index contributed by atoms with van der Waals surface area (Å²) in [5.41, 5.74) is 1.43. The van der Waals surface area contributed by atoms with Crippen molar-refractivity contribution in [3.63, 3.8) is 0 Å². The topological polar surface area (TPSA) is 56.2 Å². The zero-order valence-electron chi connectivity index (χ0n) is 15.9. The van der Waals surface area contributed by atoms with Gasteiger partial charge in [0.25, 0.3) is 0 Å². The monoisotopic (exact) mass is 392 g/mol. The van der Waals surface area contributed by atoms with Gasteiger partial charge >= 0.3 is 0 Å². The van der Waals surface area contributed by atoms with Crippen LogP contribution < -0.4 is 25.0 Å². The Kier molecular flexibility index (Phi) is 6.00. The third kappa shape index (κ3) is 4.47. The van der Waals surface area contributed by atoms with E-state index >= 15 is 0 Å². The molecule has 1 aromatic carbocycles. The first-order valence-electron chi connectivity index (χ1n) is 10.1. The van der Waals surface area contributed by atoms with Crippen molar-refractivity contribution in [3.8, 4) is 11.5 Å². The van der Waals surface area contributed by atoms with E-state index in [1.54, 1.807) is 4.90 Å².